The summed E-state index contributed by atoms with van der Waals surface area (Å²) in [6.07, 6.45) is -13.1. The maximum atomic E-state index is 12.4. The molecule has 13 atom stereocenters. The Kier molecular flexibility index (Phi) is 12.6. The van der Waals surface area contributed by atoms with Crippen LogP contribution in [0.3, 0.4) is 0 Å². The van der Waals surface area contributed by atoms with E-state index in [1.165, 1.54) is 6.33 Å². The van der Waals surface area contributed by atoms with Crippen LogP contribution in [0.1, 0.15) is 38.1 Å². The minimum atomic E-state index is -1.77. The van der Waals surface area contributed by atoms with Crippen molar-refractivity contribution in [1.29, 1.82) is 0 Å². The number of nitrogens with one attached hydrogen (secondary N) is 1. The third kappa shape index (κ3) is 8.01. The van der Waals surface area contributed by atoms with Crippen LogP contribution in [0.4, 0.5) is 5.95 Å². The molecule has 2 saturated heterocycles. The Morgan fingerprint density at radius 3 is 2.40 bits per heavy atom. The zero-order valence-corrected chi connectivity index (χ0v) is 27.0. The van der Waals surface area contributed by atoms with E-state index >= 15 is 0 Å². The number of hydrogen-bond donors (Lipinski definition) is 10. The Bertz CT molecular complexity index is 1520. The molecule has 1 aliphatic carbocycles. The molecule has 11 N–H and O–H groups in total. The Balaban J connectivity index is 1.01. The average Bonchev–Trinajstić information content (AvgIpc) is 3.63. The zero-order chi connectivity index (χ0) is 36.3. The molecule has 2 aromatic rings. The van der Waals surface area contributed by atoms with Gasteiger partial charge in [0.1, 0.15) is 55.4 Å². The maximum Gasteiger partial charge on any atom is 0.305 e. The number of aromatic amines is 1. The van der Waals surface area contributed by atoms with Crippen LogP contribution in [-0.2, 0) is 28.5 Å². The first-order valence-corrected chi connectivity index (χ1v) is 16.3. The molecule has 5 rings (SSSR count). The van der Waals surface area contributed by atoms with Crippen molar-refractivity contribution in [3.63, 3.8) is 0 Å². The molecule has 0 amide bonds. The smallest absolute Gasteiger partial charge is 0.305 e. The molecule has 20 nitrogen and oxygen atoms in total. The van der Waals surface area contributed by atoms with Crippen LogP contribution in [0.15, 0.2) is 23.3 Å². The average molecular weight is 716 g/mol. The molecule has 0 bridgehead atoms. The van der Waals surface area contributed by atoms with Crippen LogP contribution in [0.25, 0.3) is 11.2 Å². The molecule has 4 heterocycles. The van der Waals surface area contributed by atoms with Gasteiger partial charge in [0.2, 0.25) is 5.95 Å². The van der Waals surface area contributed by atoms with E-state index in [1.807, 2.05) is 0 Å². The number of imidazole rings is 1. The van der Waals surface area contributed by atoms with Crippen molar-refractivity contribution in [1.82, 2.24) is 19.5 Å². The predicted octanol–water partition coefficient (Wildman–Crippen LogP) is -4.08. The molecular weight excluding hydrogens is 670 g/mol. The van der Waals surface area contributed by atoms with Crippen molar-refractivity contribution in [2.24, 2.45) is 5.92 Å². The number of esters is 1. The van der Waals surface area contributed by atoms with Gasteiger partial charge in [0.05, 0.1) is 31.7 Å². The van der Waals surface area contributed by atoms with Gasteiger partial charge in [-0.05, 0) is 24.8 Å². The van der Waals surface area contributed by atoms with Crippen LogP contribution >= 0.6 is 0 Å². The molecule has 2 aromatic heterocycles. The molecule has 0 aromatic carbocycles. The number of fused-ring (bicyclic) bond motifs is 1. The summed E-state index contributed by atoms with van der Waals surface area (Å²) in [5.41, 5.74) is 6.14. The van der Waals surface area contributed by atoms with Crippen molar-refractivity contribution < 1.29 is 69.3 Å². The summed E-state index contributed by atoms with van der Waals surface area (Å²) < 4.78 is 29.0. The number of anilines is 1. The molecule has 3 fully saturated rings. The molecular formula is C30H45N5O15. The van der Waals surface area contributed by atoms with Gasteiger partial charge in [0, 0.05) is 18.9 Å². The highest BCUT2D eigenvalue weighted by Crippen LogP contribution is 2.40. The summed E-state index contributed by atoms with van der Waals surface area (Å²) in [6.45, 7) is 2.67. The fourth-order valence-corrected chi connectivity index (χ4v) is 6.42. The number of nitrogens with zero attached hydrogens (tertiary/aromatic N) is 3. The highest BCUT2D eigenvalue weighted by molar-refractivity contribution is 5.71. The summed E-state index contributed by atoms with van der Waals surface area (Å²) >= 11 is 0. The van der Waals surface area contributed by atoms with Crippen LogP contribution in [0.5, 0.6) is 0 Å². The molecule has 3 aliphatic rings. The normalized spacial score (nSPS) is 36.2. The van der Waals surface area contributed by atoms with E-state index in [2.05, 4.69) is 21.5 Å². The highest BCUT2D eigenvalue weighted by Gasteiger charge is 2.50. The van der Waals surface area contributed by atoms with Gasteiger partial charge >= 0.3 is 5.97 Å². The maximum absolute atomic E-state index is 12.4. The predicted molar refractivity (Wildman–Crippen MR) is 167 cm³/mol. The number of aliphatic hydroxyl groups excluding tert-OH is 8. The van der Waals surface area contributed by atoms with E-state index in [1.54, 1.807) is 4.57 Å². The number of hydrogen-bond acceptors (Lipinski definition) is 18. The summed E-state index contributed by atoms with van der Waals surface area (Å²) in [5.74, 6) is -1.10. The summed E-state index contributed by atoms with van der Waals surface area (Å²) in [4.78, 5) is 35.2. The third-order valence-corrected chi connectivity index (χ3v) is 9.31. The number of nitrogens with two attached hydrogens (primary N) is 1. The van der Waals surface area contributed by atoms with E-state index in [9.17, 15) is 50.4 Å². The number of H-pyrrole nitrogens is 1. The standard InChI is InChI=1S/C30H45N5O15/c1-12-13(15(38)7-14(12)35-11-32-19-26(35)33-30(31)34-27(19)45)10-47-18(39)5-3-2-4-6-46-28-24(44)22(42)25(17(9-37)49-28)50-29-23(43)21(41)20(40)16(8-36)48-29/h11,13-17,20-25,28-29,36-38,40-44H,1-10H2,(H3,31,33,34,45)/t13-,14-,15-,16?,17?,20-,21-,22+,23?,24?,25+,28+,29-/m0/s1. The molecule has 280 valence electrons. The van der Waals surface area contributed by atoms with Crippen molar-refractivity contribution >= 4 is 23.1 Å². The lowest BCUT2D eigenvalue weighted by molar-refractivity contribution is -0.359. The molecule has 0 spiro atoms. The largest absolute Gasteiger partial charge is 0.465 e. The molecule has 0 radical (unpaired) electrons. The number of rotatable bonds is 14. The topological polar surface area (TPSA) is 315 Å². The van der Waals surface area contributed by atoms with Gasteiger partial charge in [-0.25, -0.2) is 4.98 Å². The SMILES string of the molecule is C=C1[C@H](COC(=O)CCCCCO[C@@H]2OC(CO)[C@@H](O[C@@H]3OC(CO)[C@H](O)[C@H](O)C3O)[C@H](O)C2O)[C@@H](O)C[C@@H]1n1cnc2c(=O)[nH]c(N)nc21. The zero-order valence-electron chi connectivity index (χ0n) is 27.0. The second-order valence-electron chi connectivity index (χ2n) is 12.6. The Hall–Kier alpha value is -3.12. The summed E-state index contributed by atoms with van der Waals surface area (Å²) in [6, 6.07) is -0.436. The number of carbonyl (C=O) groups is 1. The van der Waals surface area contributed by atoms with Crippen molar-refractivity contribution in [2.75, 3.05) is 32.2 Å². The number of aromatic nitrogens is 4. The lowest BCUT2D eigenvalue weighted by atomic mass is 9.97. The molecule has 2 aliphatic heterocycles. The first kappa shape index (κ1) is 38.1. The Labute approximate surface area is 284 Å². The molecule has 20 heteroatoms. The number of unbranched alkanes of at least 4 members (excludes halogenated alkanes) is 2. The fourth-order valence-electron chi connectivity index (χ4n) is 6.42. The fraction of sp³-hybridized carbons (Fsp3) is 0.733. The first-order chi connectivity index (χ1) is 23.9. The minimum absolute atomic E-state index is 0.0602. The van der Waals surface area contributed by atoms with E-state index < -0.39 is 104 Å². The monoisotopic (exact) mass is 715 g/mol. The second kappa shape index (κ2) is 16.5. The minimum Gasteiger partial charge on any atom is -0.465 e. The first-order valence-electron chi connectivity index (χ1n) is 16.3. The number of nitrogen functional groups attached to an aromatic ring is 1. The third-order valence-electron chi connectivity index (χ3n) is 9.31. The van der Waals surface area contributed by atoms with E-state index in [0.717, 1.165) is 0 Å². The van der Waals surface area contributed by atoms with Crippen molar-refractivity contribution in [3.8, 4) is 0 Å². The highest BCUT2D eigenvalue weighted by atomic mass is 16.7. The summed E-state index contributed by atoms with van der Waals surface area (Å²) in [7, 11) is 0. The Morgan fingerprint density at radius 2 is 1.68 bits per heavy atom. The number of aliphatic hydroxyl groups is 8. The molecule has 1 saturated carbocycles. The van der Waals surface area contributed by atoms with Gasteiger partial charge in [-0.2, -0.15) is 4.98 Å². The quantitative estimate of drug-likeness (QED) is 0.0505. The van der Waals surface area contributed by atoms with Gasteiger partial charge in [-0.15, -0.1) is 0 Å². The van der Waals surface area contributed by atoms with Gasteiger partial charge in [0.15, 0.2) is 23.7 Å². The van der Waals surface area contributed by atoms with Gasteiger partial charge in [-0.3, -0.25) is 14.6 Å². The van der Waals surface area contributed by atoms with Crippen molar-refractivity contribution in [2.45, 2.75) is 106 Å². The second-order valence-corrected chi connectivity index (χ2v) is 12.6. The van der Waals surface area contributed by atoms with Crippen LogP contribution in [-0.4, -0.2) is 160 Å². The lowest BCUT2D eigenvalue weighted by Crippen LogP contribution is -2.64. The van der Waals surface area contributed by atoms with Crippen molar-refractivity contribution in [3.05, 3.63) is 28.8 Å². The van der Waals surface area contributed by atoms with E-state index in [4.69, 9.17) is 29.4 Å². The van der Waals surface area contributed by atoms with E-state index in [0.29, 0.717) is 24.8 Å². The van der Waals surface area contributed by atoms with Crippen LogP contribution < -0.4 is 11.3 Å². The van der Waals surface area contributed by atoms with E-state index in [-0.39, 0.29) is 43.2 Å². The van der Waals surface area contributed by atoms with Gasteiger partial charge in [0.25, 0.3) is 5.56 Å². The molecule has 50 heavy (non-hydrogen) atoms. The number of carbonyl (C=O) groups excluding carboxylic acids is 1. The Morgan fingerprint density at radius 1 is 0.980 bits per heavy atom. The van der Waals surface area contributed by atoms with Crippen LogP contribution in [0, 0.1) is 5.92 Å². The lowest BCUT2D eigenvalue weighted by Gasteiger charge is -2.45. The summed E-state index contributed by atoms with van der Waals surface area (Å²) in [5, 5.41) is 81.4. The number of ether oxygens (including phenoxy) is 5. The van der Waals surface area contributed by atoms with Gasteiger partial charge in [-0.1, -0.05) is 13.0 Å². The van der Waals surface area contributed by atoms with Crippen LogP contribution in [0.2, 0.25) is 0 Å². The van der Waals surface area contributed by atoms with Gasteiger partial charge < -0.3 is 74.8 Å². The molecule has 4 unspecified atom stereocenters.